The molecule has 0 spiro atoms. The third-order valence-corrected chi connectivity index (χ3v) is 9.12. The minimum atomic E-state index is -1.05. The van der Waals surface area contributed by atoms with Crippen LogP contribution in [0, 0.1) is 23.9 Å². The summed E-state index contributed by atoms with van der Waals surface area (Å²) in [5.74, 6) is -1.76. The smallest absolute Gasteiger partial charge is 0.304 e. The van der Waals surface area contributed by atoms with E-state index in [1.54, 1.807) is 30.6 Å². The number of anilines is 1. The molecule has 1 amide bonds. The molecule has 1 aromatic carbocycles. The Morgan fingerprint density at radius 2 is 1.98 bits per heavy atom. The van der Waals surface area contributed by atoms with Crippen LogP contribution in [0.15, 0.2) is 36.7 Å². The van der Waals surface area contributed by atoms with Gasteiger partial charge < -0.3 is 19.6 Å². The summed E-state index contributed by atoms with van der Waals surface area (Å²) < 4.78 is 39.6. The molecule has 0 unspecified atom stereocenters. The van der Waals surface area contributed by atoms with Crippen LogP contribution in [0.25, 0.3) is 33.4 Å². The molecular weight excluding hydrogens is 578 g/mol. The molecule has 4 aromatic rings. The number of carbonyl (C=O) groups excluding carboxylic acids is 1. The van der Waals surface area contributed by atoms with E-state index in [0.717, 1.165) is 59.2 Å². The molecule has 43 heavy (non-hydrogen) atoms. The minimum absolute atomic E-state index is 0.00513. The second kappa shape index (κ2) is 12.4. The van der Waals surface area contributed by atoms with E-state index in [1.165, 1.54) is 4.90 Å². The van der Waals surface area contributed by atoms with Gasteiger partial charge in [0.05, 0.1) is 6.42 Å². The number of amides is 1. The number of hydrogen-bond acceptors (Lipinski definition) is 7. The zero-order chi connectivity index (χ0) is 30.1. The minimum Gasteiger partial charge on any atom is -0.481 e. The number of carbonyl (C=O) groups is 2. The first-order valence-corrected chi connectivity index (χ1v) is 15.2. The second-order valence-corrected chi connectivity index (χ2v) is 12.1. The Hall–Kier alpha value is -3.90. The summed E-state index contributed by atoms with van der Waals surface area (Å²) in [4.78, 5) is 39.5. The molecule has 6 rings (SSSR count). The Balaban J connectivity index is 1.39. The summed E-state index contributed by atoms with van der Waals surface area (Å²) in [6, 6.07) is 6.62. The van der Waals surface area contributed by atoms with Gasteiger partial charge in [-0.3, -0.25) is 14.5 Å². The van der Waals surface area contributed by atoms with Crippen molar-refractivity contribution in [3.63, 3.8) is 0 Å². The molecule has 12 heteroatoms. The highest BCUT2D eigenvalue weighted by molar-refractivity contribution is 7.14. The number of carboxylic acids is 1. The van der Waals surface area contributed by atoms with Crippen LogP contribution < -0.4 is 9.64 Å². The Labute approximate surface area is 250 Å². The van der Waals surface area contributed by atoms with Crippen molar-refractivity contribution in [3.05, 3.63) is 47.4 Å². The van der Waals surface area contributed by atoms with Crippen molar-refractivity contribution in [3.8, 4) is 28.1 Å². The average Bonchev–Trinajstić information content (AvgIpc) is 3.56. The molecule has 9 nitrogen and oxygen atoms in total. The highest BCUT2D eigenvalue weighted by Gasteiger charge is 2.40. The van der Waals surface area contributed by atoms with E-state index >= 15 is 4.39 Å². The van der Waals surface area contributed by atoms with Crippen molar-refractivity contribution >= 4 is 39.4 Å². The average molecular weight is 611 g/mol. The third kappa shape index (κ3) is 6.12. The maximum atomic E-state index is 15.9. The number of ether oxygens (including phenoxy) is 2. The van der Waals surface area contributed by atoms with Crippen LogP contribution >= 0.6 is 11.3 Å². The van der Waals surface area contributed by atoms with Crippen molar-refractivity contribution in [1.29, 1.82) is 0 Å². The van der Waals surface area contributed by atoms with E-state index in [4.69, 9.17) is 9.47 Å². The number of pyridine rings is 1. The molecule has 1 aliphatic carbocycles. The standard InChI is InChI=1S/C31H32F2N4O5S/c1-17-22-6-9-34-29(22)35-15-25(17)23-5-4-21(42-16-32)14-24(23)27-28(33)43-31(36-27)37(20-2-3-20)30(40)19(13-26(38)39)12-18-7-10-41-11-8-18/h4-6,9,14-15,18-20H,2-3,7-8,10-13,16H2,1H3,(H,34,35)(H,38,39)/t19-/m1/s1. The number of rotatable bonds is 11. The Morgan fingerprint density at radius 1 is 1.19 bits per heavy atom. The van der Waals surface area contributed by atoms with Crippen LogP contribution in [0.2, 0.25) is 0 Å². The number of hydrogen-bond donors (Lipinski definition) is 2. The zero-order valence-electron chi connectivity index (χ0n) is 23.6. The Kier molecular flexibility index (Phi) is 8.40. The fraction of sp³-hybridized carbons (Fsp3) is 0.419. The van der Waals surface area contributed by atoms with Gasteiger partial charge in [-0.15, -0.1) is 0 Å². The molecule has 2 N–H and O–H groups in total. The van der Waals surface area contributed by atoms with Gasteiger partial charge in [0.25, 0.3) is 0 Å². The van der Waals surface area contributed by atoms with Gasteiger partial charge >= 0.3 is 5.97 Å². The largest absolute Gasteiger partial charge is 0.481 e. The van der Waals surface area contributed by atoms with Gasteiger partial charge in [-0.25, -0.2) is 14.4 Å². The van der Waals surface area contributed by atoms with E-state index in [2.05, 4.69) is 15.0 Å². The molecule has 4 heterocycles. The molecule has 3 aromatic heterocycles. The SMILES string of the molecule is Cc1c(-c2ccc(OCF)cc2-c2nc(N(C(=O)[C@@H](CC(=O)O)CC3CCOCC3)C3CC3)sc2F)cnc2[nH]ccc12. The van der Waals surface area contributed by atoms with E-state index in [9.17, 15) is 19.1 Å². The van der Waals surface area contributed by atoms with Crippen LogP contribution in [0.4, 0.5) is 13.9 Å². The number of benzene rings is 1. The monoisotopic (exact) mass is 610 g/mol. The number of fused-ring (bicyclic) bond motifs is 1. The first-order chi connectivity index (χ1) is 20.8. The van der Waals surface area contributed by atoms with Crippen LogP contribution in [0.5, 0.6) is 5.75 Å². The summed E-state index contributed by atoms with van der Waals surface area (Å²) >= 11 is 0.752. The van der Waals surface area contributed by atoms with Crippen LogP contribution in [0.1, 0.15) is 44.1 Å². The predicted molar refractivity (Wildman–Crippen MR) is 158 cm³/mol. The molecular formula is C31H32F2N4O5S. The van der Waals surface area contributed by atoms with E-state index in [1.807, 2.05) is 13.0 Å². The zero-order valence-corrected chi connectivity index (χ0v) is 24.5. The van der Waals surface area contributed by atoms with Gasteiger partial charge in [0.2, 0.25) is 17.9 Å². The summed E-state index contributed by atoms with van der Waals surface area (Å²) in [6.45, 7) is 2.07. The lowest BCUT2D eigenvalue weighted by molar-refractivity contribution is -0.141. The highest BCUT2D eigenvalue weighted by atomic mass is 32.1. The number of carboxylic acid groups (broad SMARTS) is 1. The van der Waals surface area contributed by atoms with Crippen LogP contribution in [-0.2, 0) is 14.3 Å². The summed E-state index contributed by atoms with van der Waals surface area (Å²) in [5, 5.41) is 10.1. The lowest BCUT2D eigenvalue weighted by atomic mass is 9.86. The molecule has 226 valence electrons. The number of nitrogens with zero attached hydrogens (tertiary/aromatic N) is 3. The number of halogens is 2. The summed E-state index contributed by atoms with van der Waals surface area (Å²) in [5.41, 5.74) is 3.39. The molecule has 2 aliphatic rings. The van der Waals surface area contributed by atoms with Gasteiger partial charge in [0.1, 0.15) is 17.1 Å². The molecule has 0 radical (unpaired) electrons. The molecule has 1 saturated carbocycles. The van der Waals surface area contributed by atoms with Gasteiger partial charge in [0, 0.05) is 54.1 Å². The molecule has 2 fully saturated rings. The normalized spacial score (nSPS) is 16.3. The van der Waals surface area contributed by atoms with Gasteiger partial charge in [0.15, 0.2) is 5.13 Å². The quantitative estimate of drug-likeness (QED) is 0.199. The van der Waals surface area contributed by atoms with Crippen LogP contribution in [0.3, 0.4) is 0 Å². The van der Waals surface area contributed by atoms with Crippen LogP contribution in [-0.4, -0.2) is 58.1 Å². The van der Waals surface area contributed by atoms with E-state index in [-0.39, 0.29) is 40.9 Å². The van der Waals surface area contributed by atoms with E-state index in [0.29, 0.717) is 30.8 Å². The van der Waals surface area contributed by atoms with E-state index < -0.39 is 23.9 Å². The lowest BCUT2D eigenvalue weighted by Crippen LogP contribution is -2.40. The number of thiazole rings is 1. The number of nitrogens with one attached hydrogen (secondary N) is 1. The molecule has 1 aliphatic heterocycles. The van der Waals surface area contributed by atoms with Crippen molar-refractivity contribution in [2.24, 2.45) is 11.8 Å². The fourth-order valence-corrected chi connectivity index (χ4v) is 6.79. The number of aliphatic carboxylic acids is 1. The maximum absolute atomic E-state index is 15.9. The summed E-state index contributed by atoms with van der Waals surface area (Å²) in [6.07, 6.45) is 6.61. The van der Waals surface area contributed by atoms with Crippen molar-refractivity contribution in [2.75, 3.05) is 25.0 Å². The molecule has 1 atom stereocenters. The third-order valence-electron chi connectivity index (χ3n) is 8.27. The number of aromatic amines is 1. The first-order valence-electron chi connectivity index (χ1n) is 14.4. The van der Waals surface area contributed by atoms with Crippen molar-refractivity contribution in [2.45, 2.75) is 51.5 Å². The van der Waals surface area contributed by atoms with Crippen molar-refractivity contribution < 1.29 is 33.0 Å². The topological polar surface area (TPSA) is 118 Å². The van der Waals surface area contributed by atoms with Crippen molar-refractivity contribution in [1.82, 2.24) is 15.0 Å². The fourth-order valence-electron chi connectivity index (χ4n) is 5.91. The summed E-state index contributed by atoms with van der Waals surface area (Å²) in [7, 11) is 0. The number of aryl methyl sites for hydroxylation is 1. The first kappa shape index (κ1) is 29.2. The predicted octanol–water partition coefficient (Wildman–Crippen LogP) is 6.51. The molecule has 0 bridgehead atoms. The number of aromatic nitrogens is 3. The lowest BCUT2D eigenvalue weighted by Gasteiger charge is -2.29. The number of alkyl halides is 1. The van der Waals surface area contributed by atoms with Gasteiger partial charge in [-0.2, -0.15) is 4.39 Å². The maximum Gasteiger partial charge on any atom is 0.304 e. The Morgan fingerprint density at radius 3 is 2.70 bits per heavy atom. The molecule has 1 saturated heterocycles. The highest BCUT2D eigenvalue weighted by Crippen LogP contribution is 2.43. The van der Waals surface area contributed by atoms with Gasteiger partial charge in [-0.05, 0) is 80.3 Å². The number of H-pyrrole nitrogens is 1. The second-order valence-electron chi connectivity index (χ2n) is 11.1. The Bertz CT molecular complexity index is 1650. The van der Waals surface area contributed by atoms with Gasteiger partial charge in [-0.1, -0.05) is 11.3 Å².